The lowest BCUT2D eigenvalue weighted by atomic mass is 10.1. The lowest BCUT2D eigenvalue weighted by Crippen LogP contribution is -2.55. The summed E-state index contributed by atoms with van der Waals surface area (Å²) in [6.07, 6.45) is 1.70. The molecule has 0 aliphatic carbocycles. The Morgan fingerprint density at radius 2 is 1.80 bits per heavy atom. The summed E-state index contributed by atoms with van der Waals surface area (Å²) in [5.74, 6) is 0.390. The van der Waals surface area contributed by atoms with Crippen LogP contribution >= 0.6 is 0 Å². The van der Waals surface area contributed by atoms with Gasteiger partial charge in [0.25, 0.3) is 0 Å². The second kappa shape index (κ2) is 5.61. The van der Waals surface area contributed by atoms with Crippen LogP contribution in [0.25, 0.3) is 0 Å². The topological polar surface area (TPSA) is 23.6 Å². The minimum Gasteiger partial charge on any atom is -0.298 e. The molecule has 1 aliphatic rings. The first kappa shape index (κ1) is 12.7. The van der Waals surface area contributed by atoms with Crippen LogP contribution in [-0.4, -0.2) is 54.3 Å². The fourth-order valence-corrected chi connectivity index (χ4v) is 2.25. The van der Waals surface area contributed by atoms with Gasteiger partial charge in [0.1, 0.15) is 5.78 Å². The van der Waals surface area contributed by atoms with E-state index >= 15 is 0 Å². The van der Waals surface area contributed by atoms with E-state index in [1.165, 1.54) is 0 Å². The van der Waals surface area contributed by atoms with E-state index in [0.29, 0.717) is 24.4 Å². The lowest BCUT2D eigenvalue weighted by Gasteiger charge is -2.42. The molecule has 2 atom stereocenters. The standard InChI is InChI=1S/C12H24N2O/c1-5-6-12(15)9-14-7-10(2)13(4)11(3)8-14/h10-11H,5-9H2,1-4H3. The molecule has 1 saturated heterocycles. The first-order valence-corrected chi connectivity index (χ1v) is 6.00. The molecule has 0 amide bonds. The zero-order valence-corrected chi connectivity index (χ0v) is 10.5. The van der Waals surface area contributed by atoms with Crippen molar-refractivity contribution in [3.63, 3.8) is 0 Å². The molecule has 88 valence electrons. The van der Waals surface area contributed by atoms with E-state index in [4.69, 9.17) is 0 Å². The highest BCUT2D eigenvalue weighted by Crippen LogP contribution is 2.13. The van der Waals surface area contributed by atoms with E-state index in [9.17, 15) is 4.79 Å². The minimum atomic E-state index is 0.390. The summed E-state index contributed by atoms with van der Waals surface area (Å²) < 4.78 is 0. The summed E-state index contributed by atoms with van der Waals surface area (Å²) in [4.78, 5) is 16.2. The SMILES string of the molecule is CCCC(=O)CN1CC(C)N(C)C(C)C1. The van der Waals surface area contributed by atoms with E-state index in [-0.39, 0.29) is 0 Å². The van der Waals surface area contributed by atoms with Gasteiger partial charge < -0.3 is 0 Å². The zero-order valence-electron chi connectivity index (χ0n) is 10.5. The number of Topliss-reactive ketones (excluding diaryl/α,β-unsaturated/α-hetero) is 1. The second-order valence-electron chi connectivity index (χ2n) is 4.85. The summed E-state index contributed by atoms with van der Waals surface area (Å²) in [7, 11) is 2.17. The summed E-state index contributed by atoms with van der Waals surface area (Å²) in [5.41, 5.74) is 0. The van der Waals surface area contributed by atoms with Gasteiger partial charge >= 0.3 is 0 Å². The van der Waals surface area contributed by atoms with Crippen molar-refractivity contribution in [1.29, 1.82) is 0 Å². The van der Waals surface area contributed by atoms with Gasteiger partial charge in [-0.2, -0.15) is 0 Å². The van der Waals surface area contributed by atoms with Gasteiger partial charge in [0.15, 0.2) is 0 Å². The minimum absolute atomic E-state index is 0.390. The van der Waals surface area contributed by atoms with Gasteiger partial charge in [0.2, 0.25) is 0 Å². The van der Waals surface area contributed by atoms with E-state index in [1.807, 2.05) is 0 Å². The molecule has 1 fully saturated rings. The van der Waals surface area contributed by atoms with Crippen LogP contribution in [0.3, 0.4) is 0 Å². The molecule has 3 nitrogen and oxygen atoms in total. The Balaban J connectivity index is 2.41. The number of hydrogen-bond acceptors (Lipinski definition) is 3. The highest BCUT2D eigenvalue weighted by Gasteiger charge is 2.26. The Morgan fingerprint density at radius 1 is 1.27 bits per heavy atom. The maximum Gasteiger partial charge on any atom is 0.146 e. The Morgan fingerprint density at radius 3 is 2.27 bits per heavy atom. The molecular weight excluding hydrogens is 188 g/mol. The maximum absolute atomic E-state index is 11.6. The Kier molecular flexibility index (Phi) is 4.74. The van der Waals surface area contributed by atoms with Crippen LogP contribution in [0.4, 0.5) is 0 Å². The molecule has 0 saturated carbocycles. The third-order valence-corrected chi connectivity index (χ3v) is 3.36. The molecule has 0 aromatic carbocycles. The number of likely N-dealkylation sites (N-methyl/N-ethyl adjacent to an activating group) is 1. The third-order valence-electron chi connectivity index (χ3n) is 3.36. The van der Waals surface area contributed by atoms with Gasteiger partial charge in [-0.1, -0.05) is 6.92 Å². The molecule has 15 heavy (non-hydrogen) atoms. The molecule has 0 spiro atoms. The van der Waals surface area contributed by atoms with E-state index < -0.39 is 0 Å². The van der Waals surface area contributed by atoms with Crippen LogP contribution in [0.2, 0.25) is 0 Å². The van der Waals surface area contributed by atoms with Crippen LogP contribution in [0.15, 0.2) is 0 Å². The largest absolute Gasteiger partial charge is 0.298 e. The average molecular weight is 212 g/mol. The fourth-order valence-electron chi connectivity index (χ4n) is 2.25. The van der Waals surface area contributed by atoms with Crippen molar-refractivity contribution in [2.45, 2.75) is 45.7 Å². The molecule has 0 aromatic heterocycles. The molecule has 3 heteroatoms. The summed E-state index contributed by atoms with van der Waals surface area (Å²) >= 11 is 0. The van der Waals surface area contributed by atoms with Crippen LogP contribution < -0.4 is 0 Å². The normalized spacial score (nSPS) is 29.3. The van der Waals surface area contributed by atoms with Crippen molar-refractivity contribution >= 4 is 5.78 Å². The molecule has 2 unspecified atom stereocenters. The molecule has 1 heterocycles. The second-order valence-corrected chi connectivity index (χ2v) is 4.85. The molecule has 1 rings (SSSR count). The number of carbonyl (C=O) groups is 1. The van der Waals surface area contributed by atoms with Gasteiger partial charge in [-0.15, -0.1) is 0 Å². The van der Waals surface area contributed by atoms with Crippen molar-refractivity contribution < 1.29 is 4.79 Å². The number of piperazine rings is 1. The Hall–Kier alpha value is -0.410. The first-order valence-electron chi connectivity index (χ1n) is 6.00. The monoisotopic (exact) mass is 212 g/mol. The predicted molar refractivity (Wildman–Crippen MR) is 63.0 cm³/mol. The van der Waals surface area contributed by atoms with Gasteiger partial charge in [0, 0.05) is 31.6 Å². The van der Waals surface area contributed by atoms with E-state index in [1.54, 1.807) is 0 Å². The van der Waals surface area contributed by atoms with Crippen LogP contribution in [0, 0.1) is 0 Å². The molecule has 0 aromatic rings. The molecule has 0 N–H and O–H groups in total. The summed E-state index contributed by atoms with van der Waals surface area (Å²) in [5, 5.41) is 0. The van der Waals surface area contributed by atoms with Crippen LogP contribution in [0.1, 0.15) is 33.6 Å². The van der Waals surface area contributed by atoms with Crippen molar-refractivity contribution in [1.82, 2.24) is 9.80 Å². The third kappa shape index (κ3) is 3.58. The highest BCUT2D eigenvalue weighted by atomic mass is 16.1. The molecule has 0 radical (unpaired) electrons. The predicted octanol–water partition coefficient (Wildman–Crippen LogP) is 1.38. The lowest BCUT2D eigenvalue weighted by molar-refractivity contribution is -0.121. The fraction of sp³-hybridized carbons (Fsp3) is 0.917. The molecular formula is C12H24N2O. The zero-order chi connectivity index (χ0) is 11.4. The Bertz CT molecular complexity index is 206. The van der Waals surface area contributed by atoms with Crippen molar-refractivity contribution in [3.8, 4) is 0 Å². The van der Waals surface area contributed by atoms with Crippen LogP contribution in [0.5, 0.6) is 0 Å². The van der Waals surface area contributed by atoms with Gasteiger partial charge in [-0.3, -0.25) is 14.6 Å². The average Bonchev–Trinajstić information content (AvgIpc) is 2.14. The number of nitrogens with zero attached hydrogens (tertiary/aromatic N) is 2. The summed E-state index contributed by atoms with van der Waals surface area (Å²) in [6.45, 7) is 9.22. The number of hydrogen-bond donors (Lipinski definition) is 0. The van der Waals surface area contributed by atoms with E-state index in [2.05, 4.69) is 37.6 Å². The Labute approximate surface area is 93.4 Å². The summed E-state index contributed by atoms with van der Waals surface area (Å²) in [6, 6.07) is 1.12. The van der Waals surface area contributed by atoms with Crippen LogP contribution in [-0.2, 0) is 4.79 Å². The van der Waals surface area contributed by atoms with Gasteiger partial charge in [-0.25, -0.2) is 0 Å². The first-order chi connectivity index (χ1) is 7.04. The maximum atomic E-state index is 11.6. The molecule has 1 aliphatic heterocycles. The van der Waals surface area contributed by atoms with E-state index in [0.717, 1.165) is 25.9 Å². The van der Waals surface area contributed by atoms with Crippen molar-refractivity contribution in [3.05, 3.63) is 0 Å². The van der Waals surface area contributed by atoms with Gasteiger partial charge in [0.05, 0.1) is 6.54 Å². The smallest absolute Gasteiger partial charge is 0.146 e. The number of carbonyl (C=O) groups excluding carboxylic acids is 1. The number of ketones is 1. The molecule has 0 bridgehead atoms. The quantitative estimate of drug-likeness (QED) is 0.703. The van der Waals surface area contributed by atoms with Gasteiger partial charge in [-0.05, 0) is 27.3 Å². The van der Waals surface area contributed by atoms with Crippen molar-refractivity contribution in [2.24, 2.45) is 0 Å². The number of rotatable bonds is 4. The van der Waals surface area contributed by atoms with Crippen molar-refractivity contribution in [2.75, 3.05) is 26.7 Å². The highest BCUT2D eigenvalue weighted by molar-refractivity contribution is 5.80.